The number of carbonyl (C=O) groups excluding carboxylic acids is 1. The summed E-state index contributed by atoms with van der Waals surface area (Å²) in [5, 5.41) is -0.254. The van der Waals surface area contributed by atoms with Crippen molar-refractivity contribution in [3.8, 4) is 5.75 Å². The van der Waals surface area contributed by atoms with Gasteiger partial charge in [-0.05, 0) is 29.8 Å². The number of halogens is 5. The molecule has 3 aromatic rings. The van der Waals surface area contributed by atoms with Crippen LogP contribution in [0, 0.1) is 0 Å². The van der Waals surface area contributed by atoms with Crippen molar-refractivity contribution in [2.75, 3.05) is 7.05 Å². The Morgan fingerprint density at radius 3 is 2.33 bits per heavy atom. The third kappa shape index (κ3) is 5.18. The zero-order valence-electron chi connectivity index (χ0n) is 17.3. The highest BCUT2D eigenvalue weighted by atomic mass is 19.4. The van der Waals surface area contributed by atoms with Crippen molar-refractivity contribution >= 4 is 16.9 Å². The molecule has 0 saturated heterocycles. The second-order valence-corrected chi connectivity index (χ2v) is 7.07. The van der Waals surface area contributed by atoms with Gasteiger partial charge in [0.05, 0.1) is 5.39 Å². The van der Waals surface area contributed by atoms with Crippen molar-refractivity contribution in [3.63, 3.8) is 0 Å². The molecule has 176 valence electrons. The van der Waals surface area contributed by atoms with E-state index in [2.05, 4.69) is 9.72 Å². The largest absolute Gasteiger partial charge is 0.435 e. The third-order valence-corrected chi connectivity index (χ3v) is 4.76. The lowest BCUT2D eigenvalue weighted by atomic mass is 10.2. The van der Waals surface area contributed by atoms with Crippen LogP contribution in [0.5, 0.6) is 5.75 Å². The van der Waals surface area contributed by atoms with Gasteiger partial charge in [0, 0.05) is 20.6 Å². The molecule has 0 fully saturated rings. The summed E-state index contributed by atoms with van der Waals surface area (Å²) >= 11 is 0. The monoisotopic (exact) mass is 472 g/mol. The Bertz CT molecular complexity index is 1300. The Labute approximate surface area is 182 Å². The molecule has 13 heteroatoms. The zero-order valence-corrected chi connectivity index (χ0v) is 17.3. The predicted molar refractivity (Wildman–Crippen MR) is 106 cm³/mol. The van der Waals surface area contributed by atoms with Gasteiger partial charge in [-0.25, -0.2) is 9.78 Å². The number of nitrogens with zero attached hydrogens (tertiary/aromatic N) is 4. The number of alkyl halides is 5. The number of fused-ring (bicyclic) bond motifs is 1. The molecular weight excluding hydrogens is 455 g/mol. The number of hydrogen-bond donors (Lipinski definition) is 0. The standard InChI is InChI=1S/C20H17F5N4O4/c1-27(9-11-3-5-12(6-4-11)33-18(21)22)15(30)10-29-17(31)13-7-8-14(20(23,24)25)26-16(13)28(2)19(29)32/h3-8,18H,9-10H2,1-2H3. The third-order valence-electron chi connectivity index (χ3n) is 4.76. The SMILES string of the molecule is CN(Cc1ccc(OC(F)F)cc1)C(=O)Cn1c(=O)c2ccc(C(F)(F)F)nc2n(C)c1=O. The van der Waals surface area contributed by atoms with Crippen LogP contribution < -0.4 is 16.0 Å². The minimum absolute atomic E-state index is 0.0347. The maximum atomic E-state index is 12.9. The van der Waals surface area contributed by atoms with Crippen LogP contribution in [0.4, 0.5) is 22.0 Å². The number of carbonyl (C=O) groups is 1. The molecule has 2 aromatic heterocycles. The molecule has 1 amide bonds. The molecule has 0 atom stereocenters. The summed E-state index contributed by atoms with van der Waals surface area (Å²) in [6.07, 6.45) is -4.76. The Kier molecular flexibility index (Phi) is 6.51. The number of benzene rings is 1. The lowest BCUT2D eigenvalue weighted by Crippen LogP contribution is -2.43. The van der Waals surface area contributed by atoms with E-state index in [1.807, 2.05) is 0 Å². The zero-order chi connectivity index (χ0) is 24.5. The van der Waals surface area contributed by atoms with Crippen LogP contribution in [0.3, 0.4) is 0 Å². The maximum Gasteiger partial charge on any atom is 0.433 e. The minimum atomic E-state index is -4.76. The summed E-state index contributed by atoms with van der Waals surface area (Å²) in [6, 6.07) is 7.05. The van der Waals surface area contributed by atoms with E-state index >= 15 is 0 Å². The molecule has 0 N–H and O–H groups in total. The molecule has 33 heavy (non-hydrogen) atoms. The van der Waals surface area contributed by atoms with Crippen LogP contribution in [0.15, 0.2) is 46.0 Å². The first kappa shape index (κ1) is 23.9. The first-order valence-electron chi connectivity index (χ1n) is 9.34. The Morgan fingerprint density at radius 2 is 1.76 bits per heavy atom. The quantitative estimate of drug-likeness (QED) is 0.515. The molecule has 0 radical (unpaired) electrons. The van der Waals surface area contributed by atoms with E-state index in [0.29, 0.717) is 16.2 Å². The molecular formula is C20H17F5N4O4. The van der Waals surface area contributed by atoms with Crippen LogP contribution in [0.1, 0.15) is 11.3 Å². The fourth-order valence-electron chi connectivity index (χ4n) is 3.07. The molecule has 8 nitrogen and oxygen atoms in total. The highest BCUT2D eigenvalue weighted by molar-refractivity contribution is 5.77. The lowest BCUT2D eigenvalue weighted by Gasteiger charge is -2.18. The van der Waals surface area contributed by atoms with Crippen molar-refractivity contribution in [2.45, 2.75) is 25.9 Å². The second-order valence-electron chi connectivity index (χ2n) is 7.07. The van der Waals surface area contributed by atoms with Crippen molar-refractivity contribution < 1.29 is 31.5 Å². The fourth-order valence-corrected chi connectivity index (χ4v) is 3.07. The summed E-state index contributed by atoms with van der Waals surface area (Å²) in [5.41, 5.74) is -3.11. The van der Waals surface area contributed by atoms with Gasteiger partial charge in [0.25, 0.3) is 5.56 Å². The van der Waals surface area contributed by atoms with Crippen LogP contribution >= 0.6 is 0 Å². The molecule has 0 unspecified atom stereocenters. The summed E-state index contributed by atoms with van der Waals surface area (Å²) in [6.45, 7) is -3.60. The van der Waals surface area contributed by atoms with Gasteiger partial charge in [-0.1, -0.05) is 12.1 Å². The molecule has 1 aromatic carbocycles. The number of pyridine rings is 1. The van der Waals surface area contributed by atoms with Gasteiger partial charge < -0.3 is 9.64 Å². The Balaban J connectivity index is 1.84. The van der Waals surface area contributed by atoms with E-state index in [1.165, 1.54) is 36.2 Å². The lowest BCUT2D eigenvalue weighted by molar-refractivity contribution is -0.141. The number of likely N-dealkylation sites (N-methyl/N-ethyl adjacent to an activating group) is 1. The van der Waals surface area contributed by atoms with Crippen LogP contribution in [-0.2, 0) is 31.1 Å². The Hall–Kier alpha value is -3.77. The van der Waals surface area contributed by atoms with Gasteiger partial charge in [0.15, 0.2) is 0 Å². The van der Waals surface area contributed by atoms with Crippen molar-refractivity contribution in [1.29, 1.82) is 0 Å². The van der Waals surface area contributed by atoms with Gasteiger partial charge in [0.1, 0.15) is 23.6 Å². The van der Waals surface area contributed by atoms with Gasteiger partial charge in [-0.3, -0.25) is 18.7 Å². The molecule has 0 aliphatic rings. The van der Waals surface area contributed by atoms with E-state index in [-0.39, 0.29) is 17.7 Å². The first-order valence-corrected chi connectivity index (χ1v) is 9.34. The van der Waals surface area contributed by atoms with Crippen LogP contribution in [-0.4, -0.2) is 38.6 Å². The molecule has 0 aliphatic carbocycles. The Morgan fingerprint density at radius 1 is 1.12 bits per heavy atom. The van der Waals surface area contributed by atoms with E-state index in [4.69, 9.17) is 0 Å². The van der Waals surface area contributed by atoms with E-state index in [0.717, 1.165) is 17.7 Å². The van der Waals surface area contributed by atoms with Crippen molar-refractivity contribution in [2.24, 2.45) is 7.05 Å². The average Bonchev–Trinajstić information content (AvgIpc) is 2.75. The van der Waals surface area contributed by atoms with Crippen molar-refractivity contribution in [3.05, 3.63) is 68.5 Å². The highest BCUT2D eigenvalue weighted by Gasteiger charge is 2.33. The van der Waals surface area contributed by atoms with E-state index < -0.39 is 47.8 Å². The first-order chi connectivity index (χ1) is 15.4. The molecule has 0 saturated carbocycles. The maximum absolute atomic E-state index is 12.9. The molecule has 2 heterocycles. The smallest absolute Gasteiger partial charge is 0.433 e. The summed E-state index contributed by atoms with van der Waals surface area (Å²) in [4.78, 5) is 42.4. The van der Waals surface area contributed by atoms with E-state index in [9.17, 15) is 36.3 Å². The normalized spacial score (nSPS) is 11.8. The number of aromatic nitrogens is 3. The predicted octanol–water partition coefficient (Wildman–Crippen LogP) is 2.37. The highest BCUT2D eigenvalue weighted by Crippen LogP contribution is 2.28. The van der Waals surface area contributed by atoms with Gasteiger partial charge in [-0.15, -0.1) is 0 Å². The molecule has 0 aliphatic heterocycles. The van der Waals surface area contributed by atoms with Crippen LogP contribution in [0.25, 0.3) is 11.0 Å². The fraction of sp³-hybridized carbons (Fsp3) is 0.300. The number of ether oxygens (including phenoxy) is 1. The number of rotatable bonds is 6. The summed E-state index contributed by atoms with van der Waals surface area (Å²) < 4.78 is 68.8. The molecule has 0 spiro atoms. The van der Waals surface area contributed by atoms with Crippen molar-refractivity contribution in [1.82, 2.24) is 19.0 Å². The molecule has 0 bridgehead atoms. The number of hydrogen-bond acceptors (Lipinski definition) is 5. The minimum Gasteiger partial charge on any atom is -0.435 e. The summed E-state index contributed by atoms with van der Waals surface area (Å²) in [7, 11) is 2.55. The second kappa shape index (κ2) is 9.00. The number of amides is 1. The van der Waals surface area contributed by atoms with Crippen LogP contribution in [0.2, 0.25) is 0 Å². The van der Waals surface area contributed by atoms with Gasteiger partial charge >= 0.3 is 18.5 Å². The topological polar surface area (TPSA) is 86.4 Å². The number of aryl methyl sites for hydroxylation is 1. The van der Waals surface area contributed by atoms with Gasteiger partial charge in [-0.2, -0.15) is 22.0 Å². The van der Waals surface area contributed by atoms with Gasteiger partial charge in [0.2, 0.25) is 5.91 Å². The molecule has 3 rings (SSSR count). The van der Waals surface area contributed by atoms with E-state index in [1.54, 1.807) is 0 Å². The average molecular weight is 472 g/mol. The summed E-state index contributed by atoms with van der Waals surface area (Å²) in [5.74, 6) is -0.697.